The third-order valence-electron chi connectivity index (χ3n) is 3.31. The molecular weight excluding hydrogens is 319 g/mol. The minimum absolute atomic E-state index is 0.00504. The maximum absolute atomic E-state index is 13.2. The van der Waals surface area contributed by atoms with Gasteiger partial charge in [0, 0.05) is 25.7 Å². The molecule has 1 unspecified atom stereocenters. The van der Waals surface area contributed by atoms with E-state index in [0.717, 1.165) is 5.56 Å². The Kier molecular flexibility index (Phi) is 7.29. The zero-order chi connectivity index (χ0) is 17.6. The van der Waals surface area contributed by atoms with Crippen LogP contribution in [0.2, 0.25) is 5.02 Å². The molecule has 4 nitrogen and oxygen atoms in total. The Bertz CT molecular complexity index is 532. The monoisotopic (exact) mass is 344 g/mol. The predicted octanol–water partition coefficient (Wildman–Crippen LogP) is 4.39. The van der Waals surface area contributed by atoms with Crippen LogP contribution in [0.25, 0.3) is 0 Å². The number of halogens is 2. The van der Waals surface area contributed by atoms with Crippen molar-refractivity contribution in [1.29, 1.82) is 0 Å². The predicted molar refractivity (Wildman–Crippen MR) is 91.3 cm³/mol. The number of carbonyl (C=O) groups is 1. The molecule has 0 aliphatic heterocycles. The Morgan fingerprint density at radius 2 is 2.09 bits per heavy atom. The fraction of sp³-hybridized carbons (Fsp3) is 0.588. The molecule has 1 aromatic rings. The average Bonchev–Trinajstić information content (AvgIpc) is 2.44. The lowest BCUT2D eigenvalue weighted by Gasteiger charge is -2.27. The molecule has 0 bridgehead atoms. The summed E-state index contributed by atoms with van der Waals surface area (Å²) in [4.78, 5) is 13.7. The Morgan fingerprint density at radius 3 is 2.61 bits per heavy atom. The van der Waals surface area contributed by atoms with Crippen LogP contribution in [0.1, 0.15) is 46.2 Å². The van der Waals surface area contributed by atoms with Gasteiger partial charge in [0.15, 0.2) is 0 Å². The van der Waals surface area contributed by atoms with Crippen molar-refractivity contribution in [2.24, 2.45) is 0 Å². The first kappa shape index (κ1) is 19.7. The van der Waals surface area contributed by atoms with Crippen LogP contribution in [-0.2, 0) is 4.74 Å². The van der Waals surface area contributed by atoms with E-state index in [-0.39, 0.29) is 17.2 Å². The van der Waals surface area contributed by atoms with Gasteiger partial charge in [0.25, 0.3) is 0 Å². The van der Waals surface area contributed by atoms with Gasteiger partial charge in [-0.3, -0.25) is 0 Å². The minimum atomic E-state index is -0.504. The van der Waals surface area contributed by atoms with Crippen molar-refractivity contribution in [2.45, 2.75) is 46.3 Å². The van der Waals surface area contributed by atoms with Gasteiger partial charge in [-0.1, -0.05) is 17.7 Å². The SMILES string of the molecule is CCN(CCNC(C)c1ccc(F)c(Cl)c1)C(=O)OC(C)(C)C. The second-order valence-corrected chi connectivity index (χ2v) is 6.82. The number of benzene rings is 1. The maximum atomic E-state index is 13.2. The van der Waals surface area contributed by atoms with Crippen molar-refractivity contribution >= 4 is 17.7 Å². The fourth-order valence-corrected chi connectivity index (χ4v) is 2.21. The molecule has 1 aromatic carbocycles. The molecule has 0 aliphatic carbocycles. The number of rotatable bonds is 6. The molecule has 23 heavy (non-hydrogen) atoms. The number of amides is 1. The van der Waals surface area contributed by atoms with Gasteiger partial charge in [0.05, 0.1) is 5.02 Å². The summed E-state index contributed by atoms with van der Waals surface area (Å²) < 4.78 is 18.5. The second kappa shape index (κ2) is 8.50. The van der Waals surface area contributed by atoms with E-state index >= 15 is 0 Å². The van der Waals surface area contributed by atoms with Gasteiger partial charge < -0.3 is 15.0 Å². The first-order valence-corrected chi connectivity index (χ1v) is 8.18. The summed E-state index contributed by atoms with van der Waals surface area (Å²) in [5, 5.41) is 3.41. The van der Waals surface area contributed by atoms with Crippen LogP contribution in [0, 0.1) is 5.82 Å². The molecule has 0 heterocycles. The molecular formula is C17H26ClFN2O2. The molecule has 6 heteroatoms. The standard InChI is InChI=1S/C17H26ClFN2O2/c1-6-21(16(22)23-17(3,4)5)10-9-20-12(2)13-7-8-15(19)14(18)11-13/h7-8,11-12,20H,6,9-10H2,1-5H3. The third-order valence-corrected chi connectivity index (χ3v) is 3.60. The van der Waals surface area contributed by atoms with Gasteiger partial charge in [-0.15, -0.1) is 0 Å². The number of hydrogen-bond acceptors (Lipinski definition) is 3. The Labute approximate surface area is 142 Å². The van der Waals surface area contributed by atoms with E-state index in [9.17, 15) is 9.18 Å². The van der Waals surface area contributed by atoms with Crippen molar-refractivity contribution in [1.82, 2.24) is 10.2 Å². The summed E-state index contributed by atoms with van der Waals surface area (Å²) >= 11 is 5.80. The Morgan fingerprint density at radius 1 is 1.43 bits per heavy atom. The van der Waals surface area contributed by atoms with Crippen LogP contribution in [0.4, 0.5) is 9.18 Å². The van der Waals surface area contributed by atoms with Gasteiger partial charge in [-0.25, -0.2) is 9.18 Å². The van der Waals surface area contributed by atoms with Crippen LogP contribution in [0.5, 0.6) is 0 Å². The number of ether oxygens (including phenoxy) is 1. The summed E-state index contributed by atoms with van der Waals surface area (Å²) in [6, 6.07) is 4.67. The van der Waals surface area contributed by atoms with E-state index in [0.29, 0.717) is 19.6 Å². The van der Waals surface area contributed by atoms with E-state index in [2.05, 4.69) is 5.32 Å². The third kappa shape index (κ3) is 6.75. The highest BCUT2D eigenvalue weighted by Gasteiger charge is 2.20. The van der Waals surface area contributed by atoms with E-state index in [1.54, 1.807) is 17.0 Å². The zero-order valence-corrected chi connectivity index (χ0v) is 15.2. The van der Waals surface area contributed by atoms with Gasteiger partial charge in [0.2, 0.25) is 0 Å². The van der Waals surface area contributed by atoms with Crippen LogP contribution < -0.4 is 5.32 Å². The molecule has 0 radical (unpaired) electrons. The van der Waals surface area contributed by atoms with Crippen LogP contribution in [-0.4, -0.2) is 36.2 Å². The fourth-order valence-electron chi connectivity index (χ4n) is 2.02. The van der Waals surface area contributed by atoms with Crippen LogP contribution >= 0.6 is 11.6 Å². The van der Waals surface area contributed by atoms with Crippen molar-refractivity contribution in [3.63, 3.8) is 0 Å². The summed E-state index contributed by atoms with van der Waals surface area (Å²) in [7, 11) is 0. The summed E-state index contributed by atoms with van der Waals surface area (Å²) in [5.74, 6) is -0.426. The van der Waals surface area contributed by atoms with E-state index in [1.165, 1.54) is 6.07 Å². The number of likely N-dealkylation sites (N-methyl/N-ethyl adjacent to an activating group) is 1. The van der Waals surface area contributed by atoms with Crippen molar-refractivity contribution in [3.8, 4) is 0 Å². The Balaban J connectivity index is 2.50. The number of nitrogens with one attached hydrogen (secondary N) is 1. The number of nitrogens with zero attached hydrogens (tertiary/aromatic N) is 1. The van der Waals surface area contributed by atoms with Gasteiger partial charge in [-0.2, -0.15) is 0 Å². The smallest absolute Gasteiger partial charge is 0.410 e. The maximum Gasteiger partial charge on any atom is 0.410 e. The van der Waals surface area contributed by atoms with Gasteiger partial charge in [-0.05, 0) is 52.3 Å². The van der Waals surface area contributed by atoms with Crippen molar-refractivity contribution in [3.05, 3.63) is 34.6 Å². The molecule has 0 fully saturated rings. The first-order valence-electron chi connectivity index (χ1n) is 7.80. The molecule has 1 N–H and O–H groups in total. The molecule has 0 aromatic heterocycles. The highest BCUT2D eigenvalue weighted by molar-refractivity contribution is 6.30. The van der Waals surface area contributed by atoms with Crippen LogP contribution in [0.3, 0.4) is 0 Å². The largest absolute Gasteiger partial charge is 0.444 e. The zero-order valence-electron chi connectivity index (χ0n) is 14.5. The normalized spacial score (nSPS) is 12.8. The average molecular weight is 345 g/mol. The molecule has 0 saturated carbocycles. The molecule has 0 aliphatic rings. The molecule has 0 saturated heterocycles. The first-order chi connectivity index (χ1) is 10.6. The molecule has 0 spiro atoms. The summed E-state index contributed by atoms with van der Waals surface area (Å²) in [6.07, 6.45) is -0.320. The lowest BCUT2D eigenvalue weighted by molar-refractivity contribution is 0.0261. The Hall–Kier alpha value is -1.33. The lowest BCUT2D eigenvalue weighted by Crippen LogP contribution is -2.40. The molecule has 1 atom stereocenters. The van der Waals surface area contributed by atoms with E-state index in [4.69, 9.17) is 16.3 Å². The summed E-state index contributed by atoms with van der Waals surface area (Å²) in [5.41, 5.74) is 0.396. The number of hydrogen-bond donors (Lipinski definition) is 1. The second-order valence-electron chi connectivity index (χ2n) is 6.41. The summed E-state index contributed by atoms with van der Waals surface area (Å²) in [6.45, 7) is 11.1. The van der Waals surface area contributed by atoms with Gasteiger partial charge in [0.1, 0.15) is 11.4 Å². The molecule has 1 amide bonds. The highest BCUT2D eigenvalue weighted by atomic mass is 35.5. The topological polar surface area (TPSA) is 41.6 Å². The minimum Gasteiger partial charge on any atom is -0.444 e. The van der Waals surface area contributed by atoms with Crippen LogP contribution in [0.15, 0.2) is 18.2 Å². The molecule has 130 valence electrons. The quantitative estimate of drug-likeness (QED) is 0.832. The molecule has 1 rings (SSSR count). The lowest BCUT2D eigenvalue weighted by atomic mass is 10.1. The number of carbonyl (C=O) groups excluding carboxylic acids is 1. The van der Waals surface area contributed by atoms with E-state index in [1.807, 2.05) is 34.6 Å². The van der Waals surface area contributed by atoms with Gasteiger partial charge >= 0.3 is 6.09 Å². The van der Waals surface area contributed by atoms with Crippen molar-refractivity contribution in [2.75, 3.05) is 19.6 Å². The highest BCUT2D eigenvalue weighted by Crippen LogP contribution is 2.20. The van der Waals surface area contributed by atoms with Crippen molar-refractivity contribution < 1.29 is 13.9 Å². The van der Waals surface area contributed by atoms with E-state index < -0.39 is 11.4 Å².